The van der Waals surface area contributed by atoms with Gasteiger partial charge in [-0.15, -0.1) is 0 Å². The maximum atomic E-state index is 12.9. The molecular formula is C25H32N2O3. The number of nitrogens with one attached hydrogen (secondary N) is 1. The number of hydrogen-bond donors (Lipinski definition) is 1. The third-order valence-electron chi connectivity index (χ3n) is 5.72. The molecule has 30 heavy (non-hydrogen) atoms. The van der Waals surface area contributed by atoms with E-state index in [4.69, 9.17) is 9.47 Å². The maximum Gasteiger partial charge on any atom is 0.221 e. The molecule has 0 aliphatic rings. The van der Waals surface area contributed by atoms with Crippen LogP contribution >= 0.6 is 0 Å². The average Bonchev–Trinajstić information content (AvgIpc) is 3.15. The second-order valence-electron chi connectivity index (χ2n) is 7.67. The number of rotatable bonds is 9. The van der Waals surface area contributed by atoms with Crippen LogP contribution in [-0.4, -0.2) is 30.7 Å². The van der Waals surface area contributed by atoms with Crippen LogP contribution in [0, 0.1) is 0 Å². The Hall–Kier alpha value is -2.95. The Labute approximate surface area is 179 Å². The fourth-order valence-corrected chi connectivity index (χ4v) is 3.87. The van der Waals surface area contributed by atoms with Gasteiger partial charge in [0.15, 0.2) is 0 Å². The van der Waals surface area contributed by atoms with Gasteiger partial charge in [-0.3, -0.25) is 4.79 Å². The normalized spacial score (nSPS) is 13.1. The van der Waals surface area contributed by atoms with Crippen LogP contribution in [0.25, 0.3) is 10.9 Å². The summed E-state index contributed by atoms with van der Waals surface area (Å²) in [5.74, 6) is 1.37. The molecule has 0 unspecified atom stereocenters. The summed E-state index contributed by atoms with van der Waals surface area (Å²) in [4.78, 5) is 12.9. The van der Waals surface area contributed by atoms with Crippen molar-refractivity contribution in [1.82, 2.24) is 9.88 Å². The van der Waals surface area contributed by atoms with Gasteiger partial charge in [-0.05, 0) is 49.6 Å². The first-order valence-corrected chi connectivity index (χ1v) is 10.6. The Balaban J connectivity index is 2.13. The number of nitrogens with zero attached hydrogens (tertiary/aromatic N) is 1. The van der Waals surface area contributed by atoms with Crippen molar-refractivity contribution >= 4 is 16.8 Å². The first-order chi connectivity index (χ1) is 14.5. The van der Waals surface area contributed by atoms with E-state index in [-0.39, 0.29) is 17.9 Å². The van der Waals surface area contributed by atoms with Gasteiger partial charge in [0.1, 0.15) is 11.5 Å². The minimum absolute atomic E-state index is 0.0458. The molecule has 1 amide bonds. The Morgan fingerprint density at radius 2 is 1.73 bits per heavy atom. The van der Waals surface area contributed by atoms with Gasteiger partial charge in [0.25, 0.3) is 0 Å². The van der Waals surface area contributed by atoms with E-state index in [0.29, 0.717) is 6.42 Å². The maximum absolute atomic E-state index is 12.9. The summed E-state index contributed by atoms with van der Waals surface area (Å²) in [6.45, 7) is 7.11. The van der Waals surface area contributed by atoms with Gasteiger partial charge in [-0.25, -0.2) is 0 Å². The van der Waals surface area contributed by atoms with Crippen LogP contribution in [0.4, 0.5) is 0 Å². The first kappa shape index (κ1) is 21.8. The van der Waals surface area contributed by atoms with E-state index in [1.54, 1.807) is 14.2 Å². The number of carbonyl (C=O) groups is 1. The van der Waals surface area contributed by atoms with Crippen molar-refractivity contribution in [3.05, 3.63) is 59.8 Å². The molecule has 1 heterocycles. The lowest BCUT2D eigenvalue weighted by molar-refractivity contribution is -0.121. The molecule has 1 aromatic heterocycles. The molecule has 0 bridgehead atoms. The monoisotopic (exact) mass is 408 g/mol. The predicted molar refractivity (Wildman–Crippen MR) is 122 cm³/mol. The molecule has 160 valence electrons. The van der Waals surface area contributed by atoms with Crippen molar-refractivity contribution in [2.75, 3.05) is 14.2 Å². The number of para-hydroxylation sites is 1. The lowest BCUT2D eigenvalue weighted by Gasteiger charge is -2.20. The zero-order valence-corrected chi connectivity index (χ0v) is 18.6. The van der Waals surface area contributed by atoms with Gasteiger partial charge >= 0.3 is 0 Å². The van der Waals surface area contributed by atoms with Crippen molar-refractivity contribution < 1.29 is 14.3 Å². The van der Waals surface area contributed by atoms with E-state index >= 15 is 0 Å². The highest BCUT2D eigenvalue weighted by Gasteiger charge is 2.24. The van der Waals surface area contributed by atoms with Crippen LogP contribution in [0.1, 0.15) is 50.7 Å². The van der Waals surface area contributed by atoms with Crippen LogP contribution in [0.15, 0.2) is 48.7 Å². The van der Waals surface area contributed by atoms with Crippen LogP contribution in [0.2, 0.25) is 0 Å². The largest absolute Gasteiger partial charge is 0.497 e. The summed E-state index contributed by atoms with van der Waals surface area (Å²) < 4.78 is 13.2. The molecule has 0 aliphatic heterocycles. The zero-order valence-electron chi connectivity index (χ0n) is 18.6. The minimum atomic E-state index is -0.115. The topological polar surface area (TPSA) is 52.5 Å². The molecule has 5 nitrogen and oxygen atoms in total. The van der Waals surface area contributed by atoms with Crippen LogP contribution in [-0.2, 0) is 11.3 Å². The van der Waals surface area contributed by atoms with E-state index < -0.39 is 0 Å². The second-order valence-corrected chi connectivity index (χ2v) is 7.67. The first-order valence-electron chi connectivity index (χ1n) is 10.6. The number of aryl methyl sites for hydroxylation is 1. The molecule has 2 aromatic carbocycles. The molecule has 2 atom stereocenters. The molecule has 0 fully saturated rings. The van der Waals surface area contributed by atoms with Gasteiger partial charge in [-0.2, -0.15) is 0 Å². The molecule has 0 spiro atoms. The van der Waals surface area contributed by atoms with Gasteiger partial charge in [0, 0.05) is 48.1 Å². The van der Waals surface area contributed by atoms with E-state index in [9.17, 15) is 4.79 Å². The van der Waals surface area contributed by atoms with Crippen molar-refractivity contribution in [3.63, 3.8) is 0 Å². The van der Waals surface area contributed by atoms with E-state index in [2.05, 4.69) is 48.1 Å². The smallest absolute Gasteiger partial charge is 0.221 e. The van der Waals surface area contributed by atoms with E-state index in [1.165, 1.54) is 10.9 Å². The van der Waals surface area contributed by atoms with Gasteiger partial charge in [-0.1, -0.05) is 25.1 Å². The summed E-state index contributed by atoms with van der Waals surface area (Å²) in [7, 11) is 3.29. The van der Waals surface area contributed by atoms with Crippen molar-refractivity contribution in [1.29, 1.82) is 0 Å². The predicted octanol–water partition coefficient (Wildman–Crippen LogP) is 5.12. The molecule has 3 aromatic rings. The fraction of sp³-hybridized carbons (Fsp3) is 0.400. The van der Waals surface area contributed by atoms with Crippen LogP contribution in [0.3, 0.4) is 0 Å². The van der Waals surface area contributed by atoms with Crippen LogP contribution in [0.5, 0.6) is 11.5 Å². The van der Waals surface area contributed by atoms with Gasteiger partial charge in [0.2, 0.25) is 5.91 Å². The summed E-state index contributed by atoms with van der Waals surface area (Å²) in [6, 6.07) is 14.4. The molecule has 5 heteroatoms. The Kier molecular flexibility index (Phi) is 7.03. The number of fused-ring (bicyclic) bond motifs is 1. The molecule has 0 aliphatic carbocycles. The zero-order chi connectivity index (χ0) is 21.7. The summed E-state index contributed by atoms with van der Waals surface area (Å²) in [5.41, 5.74) is 3.32. The van der Waals surface area contributed by atoms with Crippen molar-refractivity contribution in [2.24, 2.45) is 0 Å². The van der Waals surface area contributed by atoms with Crippen molar-refractivity contribution in [2.45, 2.75) is 52.1 Å². The number of methoxy groups -OCH3 is 2. The number of hydrogen-bond acceptors (Lipinski definition) is 3. The second kappa shape index (κ2) is 9.70. The summed E-state index contributed by atoms with van der Waals surface area (Å²) >= 11 is 0. The minimum Gasteiger partial charge on any atom is -0.497 e. The quantitative estimate of drug-likeness (QED) is 0.535. The van der Waals surface area contributed by atoms with Crippen molar-refractivity contribution in [3.8, 4) is 11.5 Å². The highest BCUT2D eigenvalue weighted by atomic mass is 16.5. The molecule has 1 N–H and O–H groups in total. The number of amides is 1. The number of ether oxygens (including phenoxy) is 2. The average molecular weight is 409 g/mol. The highest BCUT2D eigenvalue weighted by molar-refractivity contribution is 5.86. The Morgan fingerprint density at radius 1 is 1.07 bits per heavy atom. The molecule has 0 saturated heterocycles. The third kappa shape index (κ3) is 4.61. The van der Waals surface area contributed by atoms with Crippen LogP contribution < -0.4 is 14.8 Å². The summed E-state index contributed by atoms with van der Waals surface area (Å²) in [6.07, 6.45) is 3.44. The lowest BCUT2D eigenvalue weighted by atomic mass is 9.87. The summed E-state index contributed by atoms with van der Waals surface area (Å²) in [5, 5.41) is 4.29. The Morgan fingerprint density at radius 3 is 2.33 bits per heavy atom. The molecule has 0 saturated carbocycles. The van der Waals surface area contributed by atoms with E-state index in [0.717, 1.165) is 35.6 Å². The molecule has 0 radical (unpaired) electrons. The van der Waals surface area contributed by atoms with Gasteiger partial charge < -0.3 is 19.4 Å². The van der Waals surface area contributed by atoms with E-state index in [1.807, 2.05) is 31.2 Å². The Bertz CT molecular complexity index is 987. The highest BCUT2D eigenvalue weighted by Crippen LogP contribution is 2.37. The third-order valence-corrected chi connectivity index (χ3v) is 5.72. The number of benzene rings is 2. The fourth-order valence-electron chi connectivity index (χ4n) is 3.87. The standard InChI is InChI=1S/C25H32N2O3/c1-6-17(3)26-25(28)15-22(18-12-19(29-4)14-20(13-18)30-5)23-16-27(7-2)24-11-9-8-10-21(23)24/h8-14,16-17,22H,6-7,15H2,1-5H3,(H,26,28)/t17-,22+/m1/s1. The molecule has 3 rings (SSSR count). The SMILES string of the molecule is CC[C@@H](C)NC(=O)C[C@@H](c1cc(OC)cc(OC)c1)c1cn(CC)c2ccccc12. The number of carbonyl (C=O) groups excluding carboxylic acids is 1. The number of aromatic nitrogens is 1. The van der Waals surface area contributed by atoms with Gasteiger partial charge in [0.05, 0.1) is 14.2 Å². The molecular weight excluding hydrogens is 376 g/mol. The lowest BCUT2D eigenvalue weighted by Crippen LogP contribution is -2.33.